The summed E-state index contributed by atoms with van der Waals surface area (Å²) in [6, 6.07) is 91.8. The number of anilines is 3. The second-order valence-electron chi connectivity index (χ2n) is 17.3. The quantitative estimate of drug-likeness (QED) is 0.152. The zero-order valence-corrected chi connectivity index (χ0v) is 36.6. The third kappa shape index (κ3) is 6.67. The lowest BCUT2D eigenvalue weighted by atomic mass is 9.97. The molecule has 0 spiro atoms. The van der Waals surface area contributed by atoms with Crippen LogP contribution in [0, 0.1) is 0 Å². The zero-order valence-electron chi connectivity index (χ0n) is 36.6. The topological polar surface area (TPSA) is 21.3 Å². The van der Waals surface area contributed by atoms with Crippen LogP contribution in [0.25, 0.3) is 105 Å². The number of fused-ring (bicyclic) bond motifs is 7. The Morgan fingerprint density at radius 1 is 0.313 bits per heavy atom. The van der Waals surface area contributed by atoms with E-state index in [-0.39, 0.29) is 0 Å². The van der Waals surface area contributed by atoms with Gasteiger partial charge in [0.15, 0.2) is 0 Å². The molecule has 0 bridgehead atoms. The summed E-state index contributed by atoms with van der Waals surface area (Å²) in [6.45, 7) is 0. The van der Waals surface area contributed by atoms with Crippen LogP contribution in [0.4, 0.5) is 17.1 Å². The molecule has 314 valence electrons. The normalized spacial score (nSPS) is 11.6. The molecule has 0 radical (unpaired) electrons. The Morgan fingerprint density at radius 3 is 1.51 bits per heavy atom. The minimum absolute atomic E-state index is 0.886. The summed E-state index contributed by atoms with van der Waals surface area (Å²) in [5.74, 6) is 0. The molecule has 11 aromatic carbocycles. The van der Waals surface area contributed by atoms with Crippen LogP contribution in [-0.2, 0) is 0 Å². The summed E-state index contributed by atoms with van der Waals surface area (Å²) in [7, 11) is 0. The lowest BCUT2D eigenvalue weighted by molar-refractivity contribution is 0.670. The van der Waals surface area contributed by atoms with Crippen molar-refractivity contribution in [2.75, 3.05) is 4.90 Å². The predicted octanol–water partition coefficient (Wildman–Crippen LogP) is 18.0. The third-order valence-corrected chi connectivity index (χ3v) is 13.4. The van der Waals surface area contributed by atoms with Gasteiger partial charge in [-0.3, -0.25) is 0 Å². The van der Waals surface area contributed by atoms with Gasteiger partial charge in [-0.2, -0.15) is 0 Å². The highest BCUT2D eigenvalue weighted by molar-refractivity contribution is 6.11. The average molecular weight is 855 g/mol. The maximum atomic E-state index is 6.63. The molecule has 0 atom stereocenters. The smallest absolute Gasteiger partial charge is 0.143 e. The first-order chi connectivity index (χ1) is 33.2. The molecule has 0 unspecified atom stereocenters. The highest BCUT2D eigenvalue weighted by Gasteiger charge is 2.21. The summed E-state index contributed by atoms with van der Waals surface area (Å²) < 4.78 is 9.01. The molecule has 0 saturated heterocycles. The molecule has 0 amide bonds. The van der Waals surface area contributed by atoms with Crippen molar-refractivity contribution in [3.63, 3.8) is 0 Å². The number of para-hydroxylation sites is 5. The van der Waals surface area contributed by atoms with Gasteiger partial charge in [0.05, 0.1) is 16.7 Å². The molecule has 3 nitrogen and oxygen atoms in total. The second kappa shape index (κ2) is 16.0. The molecule has 3 heteroatoms. The average Bonchev–Trinajstić information content (AvgIpc) is 3.96. The van der Waals surface area contributed by atoms with Gasteiger partial charge in [-0.15, -0.1) is 0 Å². The largest absolute Gasteiger partial charge is 0.455 e. The molecule has 2 heterocycles. The van der Waals surface area contributed by atoms with Gasteiger partial charge in [-0.25, -0.2) is 0 Å². The summed E-state index contributed by atoms with van der Waals surface area (Å²) in [6.07, 6.45) is 0. The Morgan fingerprint density at radius 2 is 0.806 bits per heavy atom. The fourth-order valence-electron chi connectivity index (χ4n) is 10.1. The van der Waals surface area contributed by atoms with Crippen molar-refractivity contribution in [2.24, 2.45) is 0 Å². The zero-order chi connectivity index (χ0) is 44.3. The standard InChI is InChI=1S/C64H42N2O/c1-2-14-48-41-50(32-31-43(48)13-1)46-29-27-44(28-30-46)45-33-37-51(38-34-45)65(60-23-7-5-19-56(60)58-21-12-22-59-57-20-6-10-26-63(57)67-64(58)59)52-39-35-47(36-40-52)49-15-11-16-53(42-49)66-61-24-8-3-17-54(61)55-18-4-9-25-62(55)66/h1-42H. The van der Waals surface area contributed by atoms with Crippen LogP contribution in [0.2, 0.25) is 0 Å². The Kier molecular flexibility index (Phi) is 9.17. The first kappa shape index (κ1) is 38.5. The summed E-state index contributed by atoms with van der Waals surface area (Å²) in [4.78, 5) is 2.38. The minimum atomic E-state index is 0.886. The molecule has 0 saturated carbocycles. The van der Waals surface area contributed by atoms with E-state index in [1.54, 1.807) is 0 Å². The maximum absolute atomic E-state index is 6.63. The molecule has 67 heavy (non-hydrogen) atoms. The molecule has 0 fully saturated rings. The van der Waals surface area contributed by atoms with Gasteiger partial charge in [0.2, 0.25) is 0 Å². The van der Waals surface area contributed by atoms with Crippen molar-refractivity contribution in [3.8, 4) is 50.2 Å². The molecule has 13 aromatic rings. The highest BCUT2D eigenvalue weighted by Crippen LogP contribution is 2.45. The molecule has 0 aliphatic carbocycles. The molecule has 0 N–H and O–H groups in total. The second-order valence-corrected chi connectivity index (χ2v) is 17.3. The van der Waals surface area contributed by atoms with Crippen LogP contribution in [0.1, 0.15) is 0 Å². The Balaban J connectivity index is 0.896. The number of rotatable bonds is 8. The number of benzene rings is 11. The van der Waals surface area contributed by atoms with E-state index < -0.39 is 0 Å². The fraction of sp³-hybridized carbons (Fsp3) is 0. The first-order valence-electron chi connectivity index (χ1n) is 22.9. The summed E-state index contributed by atoms with van der Waals surface area (Å²) >= 11 is 0. The van der Waals surface area contributed by atoms with E-state index in [1.807, 2.05) is 6.07 Å². The van der Waals surface area contributed by atoms with Gasteiger partial charge in [-0.1, -0.05) is 188 Å². The third-order valence-electron chi connectivity index (χ3n) is 13.4. The van der Waals surface area contributed by atoms with E-state index in [0.717, 1.165) is 72.5 Å². The van der Waals surface area contributed by atoms with E-state index in [0.29, 0.717) is 0 Å². The van der Waals surface area contributed by atoms with Crippen molar-refractivity contribution in [1.82, 2.24) is 4.57 Å². The highest BCUT2D eigenvalue weighted by atomic mass is 16.3. The van der Waals surface area contributed by atoms with Crippen LogP contribution in [-0.4, -0.2) is 4.57 Å². The molecule has 0 aliphatic heterocycles. The molecule has 2 aromatic heterocycles. The summed E-state index contributed by atoms with van der Waals surface area (Å²) in [5, 5.41) is 7.24. The number of aromatic nitrogens is 1. The monoisotopic (exact) mass is 854 g/mol. The van der Waals surface area contributed by atoms with Crippen LogP contribution in [0.5, 0.6) is 0 Å². The SMILES string of the molecule is c1cc(-c2ccc(N(c3ccc(-c4ccc(-c5ccc6ccccc6c5)cc4)cc3)c3ccccc3-c3cccc4c3oc3ccccc34)cc2)cc(-n2c3ccccc3c3ccccc32)c1. The van der Waals surface area contributed by atoms with Gasteiger partial charge >= 0.3 is 0 Å². The van der Waals surface area contributed by atoms with Crippen molar-refractivity contribution in [3.05, 3.63) is 255 Å². The van der Waals surface area contributed by atoms with E-state index in [1.165, 1.54) is 49.3 Å². The van der Waals surface area contributed by atoms with Gasteiger partial charge < -0.3 is 13.9 Å². The van der Waals surface area contributed by atoms with Crippen molar-refractivity contribution in [1.29, 1.82) is 0 Å². The fourth-order valence-corrected chi connectivity index (χ4v) is 10.1. The van der Waals surface area contributed by atoms with E-state index in [2.05, 4.69) is 258 Å². The first-order valence-corrected chi connectivity index (χ1v) is 22.9. The number of hydrogen-bond donors (Lipinski definition) is 0. The van der Waals surface area contributed by atoms with E-state index in [4.69, 9.17) is 4.42 Å². The van der Waals surface area contributed by atoms with Crippen molar-refractivity contribution in [2.45, 2.75) is 0 Å². The maximum Gasteiger partial charge on any atom is 0.143 e. The van der Waals surface area contributed by atoms with Crippen LogP contribution in [0.15, 0.2) is 259 Å². The van der Waals surface area contributed by atoms with Gasteiger partial charge in [-0.05, 0) is 111 Å². The summed E-state index contributed by atoms with van der Waals surface area (Å²) in [5.41, 5.74) is 17.7. The molecule has 0 aliphatic rings. The number of nitrogens with zero attached hydrogens (tertiary/aromatic N) is 2. The van der Waals surface area contributed by atoms with Crippen molar-refractivity contribution >= 4 is 71.6 Å². The van der Waals surface area contributed by atoms with Crippen LogP contribution >= 0.6 is 0 Å². The Labute approximate surface area is 388 Å². The van der Waals surface area contributed by atoms with Crippen LogP contribution in [0.3, 0.4) is 0 Å². The van der Waals surface area contributed by atoms with Gasteiger partial charge in [0.25, 0.3) is 0 Å². The molecule has 13 rings (SSSR count). The van der Waals surface area contributed by atoms with Crippen molar-refractivity contribution < 1.29 is 4.42 Å². The van der Waals surface area contributed by atoms with Gasteiger partial charge in [0.1, 0.15) is 11.2 Å². The Hall–Kier alpha value is -8.92. The number of furan rings is 1. The Bertz CT molecular complexity index is 3920. The lowest BCUT2D eigenvalue weighted by Gasteiger charge is -2.28. The number of hydrogen-bond acceptors (Lipinski definition) is 2. The lowest BCUT2D eigenvalue weighted by Crippen LogP contribution is -2.11. The van der Waals surface area contributed by atoms with Gasteiger partial charge in [0, 0.05) is 49.7 Å². The molecular formula is C64H42N2O. The van der Waals surface area contributed by atoms with E-state index >= 15 is 0 Å². The van der Waals surface area contributed by atoms with E-state index in [9.17, 15) is 0 Å². The molecular weight excluding hydrogens is 813 g/mol. The predicted molar refractivity (Wildman–Crippen MR) is 282 cm³/mol. The minimum Gasteiger partial charge on any atom is -0.455 e. The van der Waals surface area contributed by atoms with Crippen LogP contribution < -0.4 is 4.90 Å².